The normalized spacial score (nSPS) is 19.6. The summed E-state index contributed by atoms with van der Waals surface area (Å²) >= 11 is 9.78. The number of rotatable bonds is 5. The number of aliphatic hydroxyl groups excluding tert-OH is 1. The summed E-state index contributed by atoms with van der Waals surface area (Å²) in [6.45, 7) is 7.71. The van der Waals surface area contributed by atoms with E-state index in [1.165, 1.54) is 5.01 Å². The van der Waals surface area contributed by atoms with E-state index < -0.39 is 0 Å². The molecule has 1 aromatic carbocycles. The van der Waals surface area contributed by atoms with Gasteiger partial charge < -0.3 is 10.4 Å². The Morgan fingerprint density at radius 3 is 2.72 bits per heavy atom. The lowest BCUT2D eigenvalue weighted by atomic mass is 10.1. The van der Waals surface area contributed by atoms with Crippen molar-refractivity contribution < 1.29 is 5.11 Å². The lowest BCUT2D eigenvalue weighted by molar-refractivity contribution is 0.238. The third-order valence-electron chi connectivity index (χ3n) is 3.84. The first-order valence-corrected chi connectivity index (χ1v) is 9.05. The van der Waals surface area contributed by atoms with Crippen LogP contribution < -0.4 is 11.2 Å². The Morgan fingerprint density at radius 1 is 1.48 bits per heavy atom. The van der Waals surface area contributed by atoms with Crippen molar-refractivity contribution in [2.45, 2.75) is 19.9 Å². The number of allylic oxidation sites excluding steroid dienone is 2. The van der Waals surface area contributed by atoms with Crippen molar-refractivity contribution in [1.82, 2.24) is 10.3 Å². The highest BCUT2D eigenvalue weighted by atomic mass is 79.9. The number of hydrogen-bond donors (Lipinski definition) is 3. The van der Waals surface area contributed by atoms with E-state index >= 15 is 0 Å². The maximum Gasteiger partial charge on any atom is 0.146 e. The molecule has 1 aliphatic heterocycles. The van der Waals surface area contributed by atoms with Crippen molar-refractivity contribution in [3.8, 4) is 0 Å². The van der Waals surface area contributed by atoms with Gasteiger partial charge in [-0.3, -0.25) is 4.99 Å². The van der Waals surface area contributed by atoms with E-state index in [1.54, 1.807) is 6.08 Å². The molecule has 0 radical (unpaired) electrons. The molecule has 5 nitrogen and oxygen atoms in total. The zero-order valence-electron chi connectivity index (χ0n) is 14.2. The number of aliphatic imine (C=N–C) groups is 1. The van der Waals surface area contributed by atoms with Crippen LogP contribution in [0.5, 0.6) is 0 Å². The van der Waals surface area contributed by atoms with Gasteiger partial charge in [-0.2, -0.15) is 0 Å². The predicted molar refractivity (Wildman–Crippen MR) is 108 cm³/mol. The van der Waals surface area contributed by atoms with Crippen molar-refractivity contribution >= 4 is 39.1 Å². The number of aliphatic hydroxyl groups is 1. The molecule has 0 unspecified atom stereocenters. The van der Waals surface area contributed by atoms with Crippen molar-refractivity contribution in [3.05, 3.63) is 63.9 Å². The summed E-state index contributed by atoms with van der Waals surface area (Å²) in [6, 6.07) is 7.26. The molecule has 4 N–H and O–H groups in total. The SMILES string of the molecule is C=C/C(Br)=C1/NC(c2ccccc2Cl)=CC(=N[C@@H](CO)C(C)C)N1N. The lowest BCUT2D eigenvalue weighted by Crippen LogP contribution is -2.45. The van der Waals surface area contributed by atoms with Crippen LogP contribution in [0, 0.1) is 5.92 Å². The number of nitrogens with two attached hydrogens (primary N) is 1. The van der Waals surface area contributed by atoms with Gasteiger partial charge in [-0.1, -0.05) is 56.3 Å². The van der Waals surface area contributed by atoms with Gasteiger partial charge in [0, 0.05) is 16.7 Å². The minimum atomic E-state index is -0.258. The summed E-state index contributed by atoms with van der Waals surface area (Å²) < 4.78 is 0.686. The molecule has 0 saturated heterocycles. The summed E-state index contributed by atoms with van der Waals surface area (Å²) in [5, 5.41) is 14.9. The maximum absolute atomic E-state index is 9.60. The highest BCUT2D eigenvalue weighted by Gasteiger charge is 2.24. The van der Waals surface area contributed by atoms with Crippen LogP contribution in [0.15, 0.2) is 58.3 Å². The van der Waals surface area contributed by atoms with Crippen LogP contribution in [0.25, 0.3) is 5.70 Å². The van der Waals surface area contributed by atoms with Crippen molar-refractivity contribution in [2.75, 3.05) is 6.61 Å². The van der Waals surface area contributed by atoms with Crippen LogP contribution in [0.1, 0.15) is 19.4 Å². The largest absolute Gasteiger partial charge is 0.394 e. The summed E-state index contributed by atoms with van der Waals surface area (Å²) in [6.07, 6.45) is 3.46. The molecular weight excluding hydrogens is 404 g/mol. The fraction of sp³-hybridized carbons (Fsp3) is 0.278. The zero-order chi connectivity index (χ0) is 18.6. The molecule has 2 rings (SSSR count). The van der Waals surface area contributed by atoms with Gasteiger partial charge in [-0.15, -0.1) is 0 Å². The standard InChI is InChI=1S/C18H22BrClN4O/c1-4-13(19)18-23-15(12-7-5-6-8-14(12)20)9-17(24(18)21)22-16(10-25)11(2)3/h4-9,11,16,23,25H,1,10,21H2,2-3H3/b18-13+,22-17?/t16-/m0/s1. The van der Waals surface area contributed by atoms with Crippen LogP contribution in [-0.4, -0.2) is 28.6 Å². The summed E-state index contributed by atoms with van der Waals surface area (Å²) in [4.78, 5) is 4.63. The van der Waals surface area contributed by atoms with Gasteiger partial charge in [0.15, 0.2) is 0 Å². The van der Waals surface area contributed by atoms with Gasteiger partial charge in [-0.25, -0.2) is 10.9 Å². The van der Waals surface area contributed by atoms with Crippen molar-refractivity contribution in [1.29, 1.82) is 0 Å². The molecule has 1 aromatic rings. The number of hydrogen-bond acceptors (Lipinski definition) is 4. The molecule has 0 amide bonds. The molecule has 1 heterocycles. The smallest absolute Gasteiger partial charge is 0.146 e. The van der Waals surface area contributed by atoms with E-state index in [9.17, 15) is 5.11 Å². The quantitative estimate of drug-likeness (QED) is 0.630. The van der Waals surface area contributed by atoms with E-state index in [2.05, 4.69) is 32.8 Å². The molecule has 0 saturated carbocycles. The first-order valence-electron chi connectivity index (χ1n) is 7.88. The highest BCUT2D eigenvalue weighted by molar-refractivity contribution is 9.11. The number of amidine groups is 1. The van der Waals surface area contributed by atoms with Crippen LogP contribution in [0.2, 0.25) is 5.02 Å². The maximum atomic E-state index is 9.60. The number of nitrogens with zero attached hydrogens (tertiary/aromatic N) is 2. The van der Waals surface area contributed by atoms with Gasteiger partial charge in [0.2, 0.25) is 0 Å². The van der Waals surface area contributed by atoms with Crippen LogP contribution in [-0.2, 0) is 0 Å². The molecule has 0 aliphatic carbocycles. The first-order chi connectivity index (χ1) is 11.9. The minimum absolute atomic E-state index is 0.0562. The topological polar surface area (TPSA) is 73.9 Å². The minimum Gasteiger partial charge on any atom is -0.394 e. The molecule has 0 aromatic heterocycles. The van der Waals surface area contributed by atoms with E-state index in [0.29, 0.717) is 21.2 Å². The Morgan fingerprint density at radius 2 is 2.16 bits per heavy atom. The third kappa shape index (κ3) is 4.52. The summed E-state index contributed by atoms with van der Waals surface area (Å²) in [5.41, 5.74) is 1.59. The molecule has 0 spiro atoms. The molecule has 1 atom stereocenters. The summed E-state index contributed by atoms with van der Waals surface area (Å²) in [7, 11) is 0. The second kappa shape index (κ2) is 8.67. The average molecular weight is 426 g/mol. The molecular formula is C18H22BrClN4O. The van der Waals surface area contributed by atoms with E-state index in [1.807, 2.05) is 44.2 Å². The Hall–Kier alpha value is -1.60. The third-order valence-corrected chi connectivity index (χ3v) is 4.87. The van der Waals surface area contributed by atoms with Gasteiger partial charge in [0.25, 0.3) is 0 Å². The Balaban J connectivity index is 2.59. The molecule has 25 heavy (non-hydrogen) atoms. The predicted octanol–water partition coefficient (Wildman–Crippen LogP) is 3.63. The highest BCUT2D eigenvalue weighted by Crippen LogP contribution is 2.28. The monoisotopic (exact) mass is 424 g/mol. The van der Waals surface area contributed by atoms with Gasteiger partial charge in [0.05, 0.1) is 22.8 Å². The second-order valence-corrected chi connectivity index (χ2v) is 7.18. The summed E-state index contributed by atoms with van der Waals surface area (Å²) in [5.74, 6) is 7.51. The van der Waals surface area contributed by atoms with E-state index in [4.69, 9.17) is 17.4 Å². The number of benzene rings is 1. The average Bonchev–Trinajstić information content (AvgIpc) is 2.60. The Kier molecular flexibility index (Phi) is 6.84. The van der Waals surface area contributed by atoms with E-state index in [0.717, 1.165) is 11.3 Å². The van der Waals surface area contributed by atoms with Crippen LogP contribution >= 0.6 is 27.5 Å². The van der Waals surface area contributed by atoms with Crippen molar-refractivity contribution in [2.24, 2.45) is 16.8 Å². The van der Waals surface area contributed by atoms with Gasteiger partial charge in [0.1, 0.15) is 11.7 Å². The van der Waals surface area contributed by atoms with Crippen LogP contribution in [0.3, 0.4) is 0 Å². The molecule has 0 bridgehead atoms. The molecule has 7 heteroatoms. The Labute approximate surface area is 161 Å². The number of hydrazine groups is 1. The van der Waals surface area contributed by atoms with Crippen LogP contribution in [0.4, 0.5) is 0 Å². The van der Waals surface area contributed by atoms with Crippen molar-refractivity contribution in [3.63, 3.8) is 0 Å². The number of halogens is 2. The fourth-order valence-corrected chi connectivity index (χ4v) is 2.83. The Bertz CT molecular complexity index is 742. The first kappa shape index (κ1) is 19.7. The van der Waals surface area contributed by atoms with E-state index in [-0.39, 0.29) is 18.6 Å². The molecule has 134 valence electrons. The van der Waals surface area contributed by atoms with Gasteiger partial charge in [-0.05, 0) is 27.9 Å². The molecule has 0 fully saturated rings. The van der Waals surface area contributed by atoms with Gasteiger partial charge >= 0.3 is 0 Å². The fourth-order valence-electron chi connectivity index (χ4n) is 2.30. The second-order valence-electron chi connectivity index (χ2n) is 5.91. The zero-order valence-corrected chi connectivity index (χ0v) is 16.5. The molecule has 1 aliphatic rings. The lowest BCUT2D eigenvalue weighted by Gasteiger charge is -2.31. The number of nitrogens with one attached hydrogen (secondary N) is 1.